The number of rotatable bonds is 3. The van der Waals surface area contributed by atoms with Crippen molar-refractivity contribution < 1.29 is 8.42 Å². The lowest BCUT2D eigenvalue weighted by molar-refractivity contribution is 0.132. The Kier molecular flexibility index (Phi) is 4.82. The molecule has 1 aliphatic carbocycles. The Morgan fingerprint density at radius 1 is 1.25 bits per heavy atom. The highest BCUT2D eigenvalue weighted by Gasteiger charge is 2.34. The topological polar surface area (TPSA) is 49.4 Å². The van der Waals surface area contributed by atoms with Crippen LogP contribution < -0.4 is 5.32 Å². The van der Waals surface area contributed by atoms with Crippen molar-refractivity contribution in [2.45, 2.75) is 65.0 Å². The van der Waals surface area contributed by atoms with Gasteiger partial charge in [0.15, 0.2) is 0 Å². The van der Waals surface area contributed by atoms with Crippen molar-refractivity contribution in [3.8, 4) is 0 Å². The van der Waals surface area contributed by atoms with Crippen molar-refractivity contribution in [1.82, 2.24) is 9.62 Å². The predicted molar refractivity (Wildman–Crippen MR) is 83.2 cm³/mol. The lowest BCUT2D eigenvalue weighted by Crippen LogP contribution is -2.53. The number of nitrogens with one attached hydrogen (secondary N) is 1. The zero-order valence-corrected chi connectivity index (χ0v) is 14.2. The molecule has 4 nitrogen and oxygen atoms in total. The molecule has 0 bridgehead atoms. The molecule has 1 N–H and O–H groups in total. The van der Waals surface area contributed by atoms with Gasteiger partial charge in [-0.3, -0.25) is 0 Å². The van der Waals surface area contributed by atoms with E-state index in [0.717, 1.165) is 12.8 Å². The summed E-state index contributed by atoms with van der Waals surface area (Å²) in [5.74, 6) is 0.673. The lowest BCUT2D eigenvalue weighted by atomic mass is 9.70. The zero-order valence-electron chi connectivity index (χ0n) is 13.4. The minimum Gasteiger partial charge on any atom is -0.310 e. The van der Waals surface area contributed by atoms with Crippen LogP contribution in [-0.4, -0.2) is 44.2 Å². The normalized spacial score (nSPS) is 35.9. The third kappa shape index (κ3) is 4.18. The van der Waals surface area contributed by atoms with Crippen LogP contribution in [0.25, 0.3) is 0 Å². The Bertz CT molecular complexity index is 433. The first kappa shape index (κ1) is 16.2. The van der Waals surface area contributed by atoms with Gasteiger partial charge in [-0.05, 0) is 43.4 Å². The third-order valence-corrected chi connectivity index (χ3v) is 6.27. The van der Waals surface area contributed by atoms with E-state index in [4.69, 9.17) is 0 Å². The number of sulfonamides is 1. The molecule has 0 aromatic rings. The lowest BCUT2D eigenvalue weighted by Gasteiger charge is -2.42. The van der Waals surface area contributed by atoms with E-state index in [2.05, 4.69) is 26.1 Å². The van der Waals surface area contributed by atoms with Crippen LogP contribution in [0.3, 0.4) is 0 Å². The molecule has 2 aliphatic rings. The summed E-state index contributed by atoms with van der Waals surface area (Å²) in [6.07, 6.45) is 7.12. The van der Waals surface area contributed by atoms with Gasteiger partial charge < -0.3 is 5.32 Å². The molecule has 0 aromatic carbocycles. The molecule has 118 valence electrons. The number of piperidine rings is 1. The Hall–Kier alpha value is -0.130. The van der Waals surface area contributed by atoms with Crippen LogP contribution in [0.5, 0.6) is 0 Å². The van der Waals surface area contributed by atoms with Gasteiger partial charge in [-0.2, -0.15) is 0 Å². The van der Waals surface area contributed by atoms with Crippen molar-refractivity contribution in [1.29, 1.82) is 0 Å². The highest BCUT2D eigenvalue weighted by atomic mass is 32.2. The molecule has 5 heteroatoms. The van der Waals surface area contributed by atoms with Crippen LogP contribution in [0, 0.1) is 11.3 Å². The van der Waals surface area contributed by atoms with E-state index in [0.29, 0.717) is 36.5 Å². The highest BCUT2D eigenvalue weighted by molar-refractivity contribution is 7.88. The maximum atomic E-state index is 11.7. The number of hydrogen-bond donors (Lipinski definition) is 1. The van der Waals surface area contributed by atoms with Gasteiger partial charge in [0.2, 0.25) is 10.0 Å². The Morgan fingerprint density at radius 3 is 2.55 bits per heavy atom. The van der Waals surface area contributed by atoms with Gasteiger partial charge in [-0.1, -0.05) is 20.8 Å². The van der Waals surface area contributed by atoms with E-state index in [1.165, 1.54) is 25.5 Å². The Labute approximate surface area is 124 Å². The first-order chi connectivity index (χ1) is 9.17. The Morgan fingerprint density at radius 2 is 1.95 bits per heavy atom. The van der Waals surface area contributed by atoms with E-state index in [1.54, 1.807) is 4.31 Å². The smallest absolute Gasteiger partial charge is 0.211 e. The molecular formula is C15H30N2O2S. The minimum absolute atomic E-state index is 0.326. The van der Waals surface area contributed by atoms with E-state index >= 15 is 0 Å². The molecule has 2 rings (SSSR count). The van der Waals surface area contributed by atoms with Crippen LogP contribution >= 0.6 is 0 Å². The van der Waals surface area contributed by atoms with Gasteiger partial charge in [-0.25, -0.2) is 12.7 Å². The zero-order chi connectivity index (χ0) is 15.0. The van der Waals surface area contributed by atoms with Crippen molar-refractivity contribution in [3.63, 3.8) is 0 Å². The highest BCUT2D eigenvalue weighted by Crippen LogP contribution is 2.38. The van der Waals surface area contributed by atoms with E-state index in [9.17, 15) is 8.42 Å². The fourth-order valence-corrected chi connectivity index (χ4v) is 4.79. The fourth-order valence-electron chi connectivity index (χ4n) is 3.88. The molecule has 0 radical (unpaired) electrons. The van der Waals surface area contributed by atoms with Gasteiger partial charge in [0.25, 0.3) is 0 Å². The molecule has 1 aliphatic heterocycles. The van der Waals surface area contributed by atoms with Gasteiger partial charge in [0.05, 0.1) is 6.26 Å². The number of hydrogen-bond acceptors (Lipinski definition) is 3. The van der Waals surface area contributed by atoms with Crippen LogP contribution in [-0.2, 0) is 10.0 Å². The second-order valence-electron chi connectivity index (χ2n) is 7.62. The summed E-state index contributed by atoms with van der Waals surface area (Å²) in [5.41, 5.74) is 0.461. The predicted octanol–water partition coefficient (Wildman–Crippen LogP) is 2.21. The summed E-state index contributed by atoms with van der Waals surface area (Å²) >= 11 is 0. The molecule has 1 saturated carbocycles. The number of nitrogens with zero attached hydrogens (tertiary/aromatic N) is 1. The van der Waals surface area contributed by atoms with Crippen molar-refractivity contribution in [3.05, 3.63) is 0 Å². The van der Waals surface area contributed by atoms with Crippen molar-refractivity contribution >= 4 is 10.0 Å². The van der Waals surface area contributed by atoms with E-state index < -0.39 is 10.0 Å². The standard InChI is InChI=1S/C15H30N2O2S/c1-12-10-15(2,3)8-7-14(12)16-13-6-5-9-17(11-13)20(4,18)19/h12-14,16H,5-11H2,1-4H3/t12-,13-,14-/m1/s1. The average molecular weight is 302 g/mol. The molecule has 20 heavy (non-hydrogen) atoms. The van der Waals surface area contributed by atoms with Crippen LogP contribution in [0.1, 0.15) is 52.9 Å². The molecule has 0 unspecified atom stereocenters. The van der Waals surface area contributed by atoms with Crippen molar-refractivity contribution in [2.24, 2.45) is 11.3 Å². The Balaban J connectivity index is 1.90. The maximum absolute atomic E-state index is 11.7. The minimum atomic E-state index is -3.04. The molecule has 1 heterocycles. The van der Waals surface area contributed by atoms with Crippen LogP contribution in [0.4, 0.5) is 0 Å². The summed E-state index contributed by atoms with van der Waals surface area (Å²) in [5, 5.41) is 3.74. The summed E-state index contributed by atoms with van der Waals surface area (Å²) in [7, 11) is -3.04. The molecule has 2 fully saturated rings. The fraction of sp³-hybridized carbons (Fsp3) is 1.00. The van der Waals surface area contributed by atoms with Crippen LogP contribution in [0.2, 0.25) is 0 Å². The molecule has 3 atom stereocenters. The summed E-state index contributed by atoms with van der Waals surface area (Å²) in [4.78, 5) is 0. The first-order valence-corrected chi connectivity index (χ1v) is 9.73. The van der Waals surface area contributed by atoms with Gasteiger partial charge in [-0.15, -0.1) is 0 Å². The molecule has 1 saturated heterocycles. The van der Waals surface area contributed by atoms with Gasteiger partial charge in [0, 0.05) is 25.2 Å². The second-order valence-corrected chi connectivity index (χ2v) is 9.60. The van der Waals surface area contributed by atoms with Gasteiger partial charge >= 0.3 is 0 Å². The third-order valence-electron chi connectivity index (χ3n) is 5.00. The van der Waals surface area contributed by atoms with Crippen LogP contribution in [0.15, 0.2) is 0 Å². The molecule has 0 amide bonds. The average Bonchev–Trinajstić information content (AvgIpc) is 2.32. The first-order valence-electron chi connectivity index (χ1n) is 7.88. The molecular weight excluding hydrogens is 272 g/mol. The van der Waals surface area contributed by atoms with E-state index in [-0.39, 0.29) is 0 Å². The molecule has 0 aromatic heterocycles. The van der Waals surface area contributed by atoms with E-state index in [1.807, 2.05) is 0 Å². The monoisotopic (exact) mass is 302 g/mol. The largest absolute Gasteiger partial charge is 0.310 e. The van der Waals surface area contributed by atoms with Gasteiger partial charge in [0.1, 0.15) is 0 Å². The summed E-state index contributed by atoms with van der Waals surface area (Å²) in [6.45, 7) is 8.36. The van der Waals surface area contributed by atoms with Crippen molar-refractivity contribution in [2.75, 3.05) is 19.3 Å². The SMILES string of the molecule is C[C@@H]1CC(C)(C)CC[C@H]1N[C@@H]1CCCN(S(C)(=O)=O)C1. The maximum Gasteiger partial charge on any atom is 0.211 e. The quantitative estimate of drug-likeness (QED) is 0.869. The molecule has 0 spiro atoms. The summed E-state index contributed by atoms with van der Waals surface area (Å²) < 4.78 is 25.0. The second kappa shape index (κ2) is 5.93. The summed E-state index contributed by atoms with van der Waals surface area (Å²) in [6, 6.07) is 0.875.